The van der Waals surface area contributed by atoms with E-state index in [-0.39, 0.29) is 25.0 Å². The van der Waals surface area contributed by atoms with Crippen molar-refractivity contribution in [3.8, 4) is 11.5 Å². The summed E-state index contributed by atoms with van der Waals surface area (Å²) >= 11 is 0. The SMILES string of the molecule is C.CN(C)C[C@H](c1ccc(O)cc1)C1(O)CCCCC1.COc1ccc([C@@H](CN(C)C)C2(O)CCCCC2)cc1. The Labute approximate surface area is 244 Å². The third-order valence-electron chi connectivity index (χ3n) is 8.65. The van der Waals surface area contributed by atoms with Crippen LogP contribution in [0.1, 0.15) is 94.6 Å². The summed E-state index contributed by atoms with van der Waals surface area (Å²) < 4.78 is 5.23. The van der Waals surface area contributed by atoms with Crippen molar-refractivity contribution in [3.63, 3.8) is 0 Å². The van der Waals surface area contributed by atoms with Crippen molar-refractivity contribution in [1.82, 2.24) is 9.80 Å². The molecule has 4 rings (SSSR count). The molecule has 0 bridgehead atoms. The molecule has 40 heavy (non-hydrogen) atoms. The Balaban J connectivity index is 0.000000274. The van der Waals surface area contributed by atoms with Gasteiger partial charge in [0.05, 0.1) is 18.3 Å². The number of nitrogens with zero attached hydrogens (tertiary/aromatic N) is 2. The summed E-state index contributed by atoms with van der Waals surface area (Å²) in [7, 11) is 9.91. The Morgan fingerprint density at radius 2 is 1.00 bits per heavy atom. The average Bonchev–Trinajstić information content (AvgIpc) is 2.92. The second-order valence-corrected chi connectivity index (χ2v) is 12.3. The van der Waals surface area contributed by atoms with Crippen LogP contribution < -0.4 is 4.74 Å². The van der Waals surface area contributed by atoms with Gasteiger partial charge in [0.25, 0.3) is 0 Å². The molecule has 2 atom stereocenters. The zero-order valence-corrected chi connectivity index (χ0v) is 24.9. The number of hydrogen-bond acceptors (Lipinski definition) is 6. The van der Waals surface area contributed by atoms with E-state index in [0.717, 1.165) is 75.8 Å². The predicted octanol–water partition coefficient (Wildman–Crippen LogP) is 6.40. The van der Waals surface area contributed by atoms with E-state index in [1.165, 1.54) is 18.4 Å². The van der Waals surface area contributed by atoms with Crippen LogP contribution in [0.3, 0.4) is 0 Å². The van der Waals surface area contributed by atoms with Crippen molar-refractivity contribution < 1.29 is 20.1 Å². The summed E-state index contributed by atoms with van der Waals surface area (Å²) in [6, 6.07) is 15.5. The first kappa shape index (κ1) is 34.1. The van der Waals surface area contributed by atoms with Gasteiger partial charge in [-0.05, 0) is 89.3 Å². The minimum Gasteiger partial charge on any atom is -0.508 e. The van der Waals surface area contributed by atoms with Gasteiger partial charge >= 0.3 is 0 Å². The Bertz CT molecular complexity index is 962. The predicted molar refractivity (Wildman–Crippen MR) is 166 cm³/mol. The molecule has 0 aliphatic heterocycles. The normalized spacial score (nSPS) is 19.6. The van der Waals surface area contributed by atoms with Gasteiger partial charge in [-0.1, -0.05) is 70.2 Å². The molecule has 0 aromatic heterocycles. The second-order valence-electron chi connectivity index (χ2n) is 12.3. The van der Waals surface area contributed by atoms with Crippen LogP contribution >= 0.6 is 0 Å². The lowest BCUT2D eigenvalue weighted by Crippen LogP contribution is -2.42. The summed E-state index contributed by atoms with van der Waals surface area (Å²) in [5.74, 6) is 1.43. The Kier molecular flexibility index (Phi) is 13.4. The summed E-state index contributed by atoms with van der Waals surface area (Å²) in [5.41, 5.74) is 1.18. The van der Waals surface area contributed by atoms with E-state index in [1.807, 2.05) is 38.4 Å². The minimum atomic E-state index is -0.598. The van der Waals surface area contributed by atoms with Gasteiger partial charge in [-0.2, -0.15) is 0 Å². The molecule has 226 valence electrons. The number of aromatic hydroxyl groups is 1. The highest BCUT2D eigenvalue weighted by Gasteiger charge is 2.40. The van der Waals surface area contributed by atoms with Crippen molar-refractivity contribution in [2.75, 3.05) is 48.4 Å². The van der Waals surface area contributed by atoms with E-state index < -0.39 is 11.2 Å². The van der Waals surface area contributed by atoms with Gasteiger partial charge < -0.3 is 29.9 Å². The molecular weight excluding hydrogens is 500 g/mol. The average molecular weight is 557 g/mol. The maximum atomic E-state index is 11.1. The molecule has 0 heterocycles. The van der Waals surface area contributed by atoms with E-state index in [0.29, 0.717) is 0 Å². The minimum absolute atomic E-state index is 0. The fraction of sp³-hybridized carbons (Fsp3) is 0.647. The van der Waals surface area contributed by atoms with Gasteiger partial charge in [-0.15, -0.1) is 0 Å². The molecule has 2 aromatic carbocycles. The summed E-state index contributed by atoms with van der Waals surface area (Å²) in [5, 5.41) is 31.5. The van der Waals surface area contributed by atoms with Crippen molar-refractivity contribution in [2.24, 2.45) is 0 Å². The van der Waals surface area contributed by atoms with Crippen LogP contribution in [0.2, 0.25) is 0 Å². The first-order chi connectivity index (χ1) is 18.6. The summed E-state index contributed by atoms with van der Waals surface area (Å²) in [4.78, 5) is 4.30. The van der Waals surface area contributed by atoms with Crippen LogP contribution in [0.25, 0.3) is 0 Å². The molecular formula is C34H56N2O4. The van der Waals surface area contributed by atoms with E-state index in [4.69, 9.17) is 4.74 Å². The molecule has 2 fully saturated rings. The van der Waals surface area contributed by atoms with Crippen molar-refractivity contribution >= 4 is 0 Å². The highest BCUT2D eigenvalue weighted by atomic mass is 16.5. The molecule has 0 spiro atoms. The smallest absolute Gasteiger partial charge is 0.118 e. The van der Waals surface area contributed by atoms with Gasteiger partial charge in [-0.3, -0.25) is 0 Å². The fourth-order valence-electron chi connectivity index (χ4n) is 6.47. The largest absolute Gasteiger partial charge is 0.508 e. The molecule has 0 amide bonds. The number of phenols is 1. The number of methoxy groups -OCH3 is 1. The summed E-state index contributed by atoms with van der Waals surface area (Å²) in [6.45, 7) is 1.71. The molecule has 2 aliphatic carbocycles. The van der Waals surface area contributed by atoms with E-state index >= 15 is 0 Å². The van der Waals surface area contributed by atoms with Gasteiger partial charge in [0.2, 0.25) is 0 Å². The van der Waals surface area contributed by atoms with Crippen LogP contribution in [-0.2, 0) is 0 Å². The molecule has 2 saturated carbocycles. The number of ether oxygens (including phenoxy) is 1. The van der Waals surface area contributed by atoms with E-state index in [2.05, 4.69) is 36.0 Å². The number of rotatable bonds is 9. The third-order valence-corrected chi connectivity index (χ3v) is 8.65. The molecule has 2 aromatic rings. The Morgan fingerprint density at radius 1 is 0.650 bits per heavy atom. The van der Waals surface area contributed by atoms with Crippen molar-refractivity contribution in [2.45, 2.75) is 94.7 Å². The zero-order valence-electron chi connectivity index (χ0n) is 24.9. The fourth-order valence-corrected chi connectivity index (χ4v) is 6.47. The zero-order chi connectivity index (χ0) is 28.5. The number of phenolic OH excluding ortho intramolecular Hbond substituents is 1. The van der Waals surface area contributed by atoms with Crippen LogP contribution in [0.4, 0.5) is 0 Å². The lowest BCUT2D eigenvalue weighted by Gasteiger charge is -2.40. The highest BCUT2D eigenvalue weighted by molar-refractivity contribution is 5.32. The first-order valence-electron chi connectivity index (χ1n) is 14.7. The lowest BCUT2D eigenvalue weighted by atomic mass is 9.72. The quantitative estimate of drug-likeness (QED) is 0.332. The third kappa shape index (κ3) is 9.47. The topological polar surface area (TPSA) is 76.4 Å². The van der Waals surface area contributed by atoms with Gasteiger partial charge in [0, 0.05) is 24.9 Å². The monoisotopic (exact) mass is 556 g/mol. The molecule has 6 heteroatoms. The van der Waals surface area contributed by atoms with E-state index in [1.54, 1.807) is 19.2 Å². The molecule has 6 nitrogen and oxygen atoms in total. The molecule has 0 saturated heterocycles. The molecule has 0 unspecified atom stereocenters. The van der Waals surface area contributed by atoms with Crippen molar-refractivity contribution in [1.29, 1.82) is 0 Å². The maximum Gasteiger partial charge on any atom is 0.118 e. The number of benzene rings is 2. The molecule has 0 radical (unpaired) electrons. The van der Waals surface area contributed by atoms with Crippen LogP contribution in [0.5, 0.6) is 11.5 Å². The number of likely N-dealkylation sites (N-methyl/N-ethyl adjacent to an activating group) is 2. The van der Waals surface area contributed by atoms with Gasteiger partial charge in [-0.25, -0.2) is 0 Å². The van der Waals surface area contributed by atoms with Gasteiger partial charge in [0.15, 0.2) is 0 Å². The number of aliphatic hydroxyl groups is 2. The first-order valence-corrected chi connectivity index (χ1v) is 14.7. The second kappa shape index (κ2) is 15.8. The van der Waals surface area contributed by atoms with Crippen LogP contribution in [0, 0.1) is 0 Å². The lowest BCUT2D eigenvalue weighted by molar-refractivity contribution is -0.0280. The van der Waals surface area contributed by atoms with Crippen LogP contribution in [0.15, 0.2) is 48.5 Å². The Hall–Kier alpha value is -2.12. The standard InChI is InChI=1S/C17H27NO2.C16H25NO2.CH4/c1-18(2)13-16(17(19)11-5-4-6-12-17)14-7-9-15(20-3)10-8-14;1-17(2)12-15(13-6-8-14(18)9-7-13)16(19)10-4-3-5-11-16;/h7-10,16,19H,4-6,11-13H2,1-3H3;6-9,15,18-19H,3-5,10-12H2,1-2H3;1H4/t16-;15-;/m11./s1. The maximum absolute atomic E-state index is 11.1. The molecule has 2 aliphatic rings. The van der Waals surface area contributed by atoms with Gasteiger partial charge in [0.1, 0.15) is 11.5 Å². The Morgan fingerprint density at radius 3 is 1.32 bits per heavy atom. The van der Waals surface area contributed by atoms with E-state index in [9.17, 15) is 15.3 Å². The molecule has 3 N–H and O–H groups in total. The summed E-state index contributed by atoms with van der Waals surface area (Å²) in [6.07, 6.45) is 10.6. The van der Waals surface area contributed by atoms with Crippen LogP contribution in [-0.4, -0.2) is 84.7 Å². The van der Waals surface area contributed by atoms with Crippen molar-refractivity contribution in [3.05, 3.63) is 59.7 Å². The highest BCUT2D eigenvalue weighted by Crippen LogP contribution is 2.41. The number of hydrogen-bond donors (Lipinski definition) is 3.